The van der Waals surface area contributed by atoms with Crippen molar-refractivity contribution in [1.82, 2.24) is 14.3 Å². The fourth-order valence-corrected chi connectivity index (χ4v) is 4.45. The molecule has 1 heterocycles. The van der Waals surface area contributed by atoms with Gasteiger partial charge in [0.15, 0.2) is 0 Å². The van der Waals surface area contributed by atoms with Gasteiger partial charge >= 0.3 is 178 Å². The molecular weight excluding hydrogens is 508 g/mol. The van der Waals surface area contributed by atoms with Crippen molar-refractivity contribution in [3.8, 4) is 0 Å². The number of amides is 1. The number of carbonyl (C=O) groups excluding carboxylic acids is 1. The van der Waals surface area contributed by atoms with E-state index in [2.05, 4.69) is 19.4 Å². The summed E-state index contributed by atoms with van der Waals surface area (Å²) in [5.41, 5.74) is 7.69. The average molecular weight is 527 g/mol. The molecule has 0 spiro atoms. The molecule has 0 bridgehead atoms. The van der Waals surface area contributed by atoms with Gasteiger partial charge in [-0.15, -0.1) is 0 Å². The van der Waals surface area contributed by atoms with Gasteiger partial charge in [0.25, 0.3) is 0 Å². The van der Waals surface area contributed by atoms with Crippen LogP contribution >= 0.6 is 23.2 Å². The number of carboxylic acids is 1. The summed E-state index contributed by atoms with van der Waals surface area (Å²) in [5.74, 6) is -1.92. The van der Waals surface area contributed by atoms with E-state index >= 15 is 0 Å². The molecule has 0 fully saturated rings. The molecule has 11 heteroatoms. The number of carbonyl (C=O) groups is 2. The van der Waals surface area contributed by atoms with Crippen molar-refractivity contribution < 1.29 is 36.2 Å². The molecule has 1 aromatic carbocycles. The molecule has 148 valence electrons. The Hall–Kier alpha value is -1.56. The Balaban J connectivity index is 2.52. The monoisotopic (exact) mass is 526 g/mol. The molecule has 0 saturated carbocycles. The van der Waals surface area contributed by atoms with Crippen LogP contribution in [0.15, 0.2) is 22.9 Å². The molecular formula is C16H19Cl2IN5O3-. The van der Waals surface area contributed by atoms with E-state index in [0.29, 0.717) is 22.6 Å². The summed E-state index contributed by atoms with van der Waals surface area (Å²) in [6, 6.07) is 3.12. The SMILES string of the molecule is CCc1cc(Cl)cc(Cl)c1/C(NC(=O)C1(C)NN=C(C)[I-]N1)=C(\N)C(=O)O. The predicted octanol–water partition coefficient (Wildman–Crippen LogP) is -1.37. The average Bonchev–Trinajstić information content (AvgIpc) is 2.61. The van der Waals surface area contributed by atoms with Gasteiger partial charge in [-0.05, 0) is 0 Å². The number of hydrogen-bond donors (Lipinski definition) is 5. The maximum absolute atomic E-state index is 12.9. The molecule has 0 aromatic heterocycles. The molecule has 8 nitrogen and oxygen atoms in total. The number of nitrogens with one attached hydrogen (secondary N) is 3. The van der Waals surface area contributed by atoms with Crippen molar-refractivity contribution in [2.45, 2.75) is 32.9 Å². The molecule has 1 aliphatic heterocycles. The quantitative estimate of drug-likeness (QED) is 0.183. The molecule has 1 atom stereocenters. The van der Waals surface area contributed by atoms with Gasteiger partial charge in [-0.1, -0.05) is 0 Å². The van der Waals surface area contributed by atoms with Crippen molar-refractivity contribution in [1.29, 1.82) is 0 Å². The first-order chi connectivity index (χ1) is 12.6. The van der Waals surface area contributed by atoms with Crippen LogP contribution in [-0.4, -0.2) is 26.4 Å². The van der Waals surface area contributed by atoms with Crippen molar-refractivity contribution >= 4 is 44.5 Å². The van der Waals surface area contributed by atoms with Crippen LogP contribution in [0.1, 0.15) is 31.9 Å². The van der Waals surface area contributed by atoms with E-state index in [-0.39, 0.29) is 10.7 Å². The van der Waals surface area contributed by atoms with E-state index in [1.807, 2.05) is 13.8 Å². The third-order valence-electron chi connectivity index (χ3n) is 3.77. The first-order valence-corrected chi connectivity index (χ1v) is 10.8. The van der Waals surface area contributed by atoms with E-state index in [1.54, 1.807) is 13.0 Å². The van der Waals surface area contributed by atoms with Gasteiger partial charge in [-0.2, -0.15) is 0 Å². The number of hydrazone groups is 1. The number of nitrogens with two attached hydrogens (primary N) is 1. The van der Waals surface area contributed by atoms with E-state index in [1.165, 1.54) is 6.07 Å². The number of carboxylic acid groups (broad SMARTS) is 1. The molecule has 0 aliphatic carbocycles. The minimum atomic E-state index is -1.38. The van der Waals surface area contributed by atoms with Crippen molar-refractivity contribution in [3.05, 3.63) is 39.0 Å². The topological polar surface area (TPSA) is 129 Å². The van der Waals surface area contributed by atoms with E-state index in [0.717, 1.165) is 3.72 Å². The molecule has 6 N–H and O–H groups in total. The summed E-state index contributed by atoms with van der Waals surface area (Å²) in [4.78, 5) is 24.4. The second kappa shape index (κ2) is 8.63. The van der Waals surface area contributed by atoms with Gasteiger partial charge in [0.2, 0.25) is 0 Å². The Kier molecular flexibility index (Phi) is 6.95. The molecule has 0 saturated heterocycles. The van der Waals surface area contributed by atoms with Crippen LogP contribution in [-0.2, 0) is 16.0 Å². The van der Waals surface area contributed by atoms with E-state index in [9.17, 15) is 14.7 Å². The second-order valence-electron chi connectivity index (χ2n) is 5.86. The first kappa shape index (κ1) is 21.7. The van der Waals surface area contributed by atoms with Gasteiger partial charge in [0.1, 0.15) is 0 Å². The Morgan fingerprint density at radius 2 is 2.07 bits per heavy atom. The van der Waals surface area contributed by atoms with Crippen LogP contribution in [0.2, 0.25) is 10.0 Å². The minimum absolute atomic E-state index is 0.0830. The Labute approximate surface area is 177 Å². The number of benzene rings is 1. The summed E-state index contributed by atoms with van der Waals surface area (Å²) < 4.78 is 4.00. The van der Waals surface area contributed by atoms with Gasteiger partial charge < -0.3 is 0 Å². The van der Waals surface area contributed by atoms with Crippen molar-refractivity contribution in [2.24, 2.45) is 10.8 Å². The molecule has 1 unspecified atom stereocenters. The van der Waals surface area contributed by atoms with Crippen LogP contribution in [0.4, 0.5) is 0 Å². The van der Waals surface area contributed by atoms with Crippen LogP contribution in [0.25, 0.3) is 5.70 Å². The number of rotatable bonds is 5. The second-order valence-corrected chi connectivity index (χ2v) is 9.34. The van der Waals surface area contributed by atoms with Crippen LogP contribution < -0.4 is 41.5 Å². The number of aryl methyl sites for hydroxylation is 1. The molecule has 0 radical (unpaired) electrons. The third-order valence-corrected chi connectivity index (χ3v) is 6.65. The summed E-state index contributed by atoms with van der Waals surface area (Å²) >= 11 is 11.7. The summed E-state index contributed by atoms with van der Waals surface area (Å²) in [6.45, 7) is 5.31. The zero-order chi connectivity index (χ0) is 20.4. The van der Waals surface area contributed by atoms with Gasteiger partial charge in [0.05, 0.1) is 0 Å². The molecule has 1 amide bonds. The van der Waals surface area contributed by atoms with Gasteiger partial charge in [0, 0.05) is 0 Å². The first-order valence-electron chi connectivity index (χ1n) is 7.84. The van der Waals surface area contributed by atoms with Crippen molar-refractivity contribution in [3.63, 3.8) is 0 Å². The van der Waals surface area contributed by atoms with E-state index < -0.39 is 44.7 Å². The summed E-state index contributed by atoms with van der Waals surface area (Å²) in [5, 5.41) is 16.7. The summed E-state index contributed by atoms with van der Waals surface area (Å²) in [6.07, 6.45) is 0.505. The Morgan fingerprint density at radius 3 is 2.59 bits per heavy atom. The normalized spacial score (nSPS) is 20.6. The zero-order valence-corrected chi connectivity index (χ0v) is 18.5. The molecule has 1 aromatic rings. The number of nitrogens with zero attached hydrogens (tertiary/aromatic N) is 1. The zero-order valence-electron chi connectivity index (χ0n) is 14.8. The van der Waals surface area contributed by atoms with Crippen LogP contribution in [0, 0.1) is 0 Å². The fourth-order valence-electron chi connectivity index (χ4n) is 2.28. The number of aliphatic carboxylic acids is 1. The molecule has 2 rings (SSSR count). The van der Waals surface area contributed by atoms with E-state index in [4.69, 9.17) is 28.9 Å². The fraction of sp³-hybridized carbons (Fsp3) is 0.312. The Morgan fingerprint density at radius 1 is 1.41 bits per heavy atom. The predicted molar refractivity (Wildman–Crippen MR) is 101 cm³/mol. The third kappa shape index (κ3) is 4.84. The van der Waals surface area contributed by atoms with Crippen LogP contribution in [0.3, 0.4) is 0 Å². The maximum atomic E-state index is 12.9. The standard InChI is InChI=1S/C16H19Cl2IN5O3/c1-4-8-5-9(17)6-10(18)11(8)13(12(20)14(25)26)21-15(27)16(3)23-19-7(2)22-24-16/h5-6,23-24H,4,20H2,1-3H3,(H,21,27)(H,25,26)/q-1/b13-12+. The number of halogens is 3. The van der Waals surface area contributed by atoms with Crippen molar-refractivity contribution in [2.75, 3.05) is 0 Å². The number of hydrogen-bond acceptors (Lipinski definition) is 6. The molecule has 27 heavy (non-hydrogen) atoms. The molecule has 1 aliphatic rings. The van der Waals surface area contributed by atoms with Crippen LogP contribution in [0.5, 0.6) is 0 Å². The van der Waals surface area contributed by atoms with Gasteiger partial charge in [-0.25, -0.2) is 0 Å². The van der Waals surface area contributed by atoms with Gasteiger partial charge in [-0.3, -0.25) is 0 Å². The Bertz CT molecular complexity index is 859. The summed E-state index contributed by atoms with van der Waals surface area (Å²) in [7, 11) is 0.